The summed E-state index contributed by atoms with van der Waals surface area (Å²) in [5, 5.41) is 13.2. The van der Waals surface area contributed by atoms with Crippen molar-refractivity contribution in [1.29, 1.82) is 0 Å². The van der Waals surface area contributed by atoms with Gasteiger partial charge < -0.3 is 24.1 Å². The Morgan fingerprint density at radius 3 is 2.15 bits per heavy atom. The van der Waals surface area contributed by atoms with Crippen LogP contribution in [0.25, 0.3) is 11.2 Å². The van der Waals surface area contributed by atoms with Gasteiger partial charge in [-0.3, -0.25) is 24.5 Å². The molecule has 0 saturated carbocycles. The number of carbonyl (C=O) groups is 1. The van der Waals surface area contributed by atoms with Crippen molar-refractivity contribution < 1.29 is 28.8 Å². The smallest absolute Gasteiger partial charge is 0.280 e. The van der Waals surface area contributed by atoms with Gasteiger partial charge in [0, 0.05) is 12.3 Å². The molecule has 12 nitrogen and oxygen atoms in total. The van der Waals surface area contributed by atoms with Crippen molar-refractivity contribution in [3.63, 3.8) is 0 Å². The summed E-state index contributed by atoms with van der Waals surface area (Å²) in [6.45, 7) is 3.16. The van der Waals surface area contributed by atoms with Gasteiger partial charge in [-0.25, -0.2) is 4.98 Å². The van der Waals surface area contributed by atoms with Crippen LogP contribution in [0.15, 0.2) is 90.0 Å². The summed E-state index contributed by atoms with van der Waals surface area (Å²) >= 11 is 0. The molecular formula is C35H37N5O7. The fourth-order valence-electron chi connectivity index (χ4n) is 5.87. The molecule has 1 fully saturated rings. The number of hydrogen-bond donors (Lipinski definition) is 3. The minimum absolute atomic E-state index is 0.00885. The molecule has 1 aliphatic rings. The van der Waals surface area contributed by atoms with Crippen molar-refractivity contribution in [1.82, 2.24) is 19.5 Å². The van der Waals surface area contributed by atoms with Crippen LogP contribution in [0.2, 0.25) is 0 Å². The first-order valence-corrected chi connectivity index (χ1v) is 15.3. The number of aromatic nitrogens is 4. The van der Waals surface area contributed by atoms with E-state index in [1.165, 1.54) is 6.33 Å². The SMILES string of the molecule is COc1ccc(C(OC2C[C@H](n3cnc4c(=O)[nH]c(NC(=O)C(C)C)nc43)O[C@@H]2CO)(c2ccccc2)c2ccc(OC)cc2)cc1. The molecule has 0 bridgehead atoms. The van der Waals surface area contributed by atoms with Crippen molar-refractivity contribution in [2.24, 2.45) is 5.92 Å². The van der Waals surface area contributed by atoms with Crippen LogP contribution in [-0.2, 0) is 19.9 Å². The fourth-order valence-corrected chi connectivity index (χ4v) is 5.87. The zero-order valence-corrected chi connectivity index (χ0v) is 26.5. The Bertz CT molecular complexity index is 1840. The Morgan fingerprint density at radius 1 is 1.00 bits per heavy atom. The number of rotatable bonds is 11. The standard InChI is InChI=1S/C35H37N5O7/c1-21(2)32(42)38-34-37-31-30(33(43)39-34)36-20-40(31)29-18-27(28(19-41)46-29)47-35(22-8-6-5-7-9-22,23-10-14-25(44-3)15-11-23)24-12-16-26(45-4)17-13-24/h5-17,20-21,27-29,41H,18-19H2,1-4H3,(H2,37,38,39,42,43)/t27?,28-,29-/m1/s1. The molecule has 3 N–H and O–H groups in total. The van der Waals surface area contributed by atoms with Gasteiger partial charge >= 0.3 is 0 Å². The van der Waals surface area contributed by atoms with Crippen LogP contribution in [0.5, 0.6) is 11.5 Å². The van der Waals surface area contributed by atoms with E-state index in [-0.39, 0.29) is 35.5 Å². The summed E-state index contributed by atoms with van der Waals surface area (Å²) in [5.74, 6) is 0.791. The van der Waals surface area contributed by atoms with Gasteiger partial charge in [0.05, 0.1) is 33.3 Å². The number of aliphatic hydroxyl groups is 1. The molecule has 6 rings (SSSR count). The Kier molecular flexibility index (Phi) is 9.08. The van der Waals surface area contributed by atoms with Crippen molar-refractivity contribution in [3.05, 3.63) is 112 Å². The fraction of sp³-hybridized carbons (Fsp3) is 0.314. The molecule has 1 amide bonds. The number of ether oxygens (including phenoxy) is 4. The topological polar surface area (TPSA) is 150 Å². The highest BCUT2D eigenvalue weighted by molar-refractivity contribution is 5.91. The second-order valence-electron chi connectivity index (χ2n) is 11.6. The second-order valence-corrected chi connectivity index (χ2v) is 11.6. The molecule has 0 aliphatic carbocycles. The van der Waals surface area contributed by atoms with Crippen LogP contribution in [0.1, 0.15) is 43.2 Å². The number of nitrogens with one attached hydrogen (secondary N) is 2. The average Bonchev–Trinajstić information content (AvgIpc) is 3.71. The number of methoxy groups -OCH3 is 2. The van der Waals surface area contributed by atoms with Crippen LogP contribution < -0.4 is 20.3 Å². The molecule has 5 aromatic rings. The highest BCUT2D eigenvalue weighted by atomic mass is 16.6. The monoisotopic (exact) mass is 639 g/mol. The molecule has 47 heavy (non-hydrogen) atoms. The molecule has 0 radical (unpaired) electrons. The Hall–Kier alpha value is -5.04. The lowest BCUT2D eigenvalue weighted by Crippen LogP contribution is -2.40. The zero-order valence-electron chi connectivity index (χ0n) is 26.5. The van der Waals surface area contributed by atoms with E-state index in [0.29, 0.717) is 17.9 Å². The third-order valence-electron chi connectivity index (χ3n) is 8.37. The largest absolute Gasteiger partial charge is 0.497 e. The highest BCUT2D eigenvalue weighted by Gasteiger charge is 2.46. The van der Waals surface area contributed by atoms with Crippen molar-refractivity contribution >= 4 is 23.0 Å². The number of nitrogens with zero attached hydrogens (tertiary/aromatic N) is 3. The van der Waals surface area contributed by atoms with Crippen molar-refractivity contribution in [2.75, 3.05) is 26.1 Å². The maximum Gasteiger partial charge on any atom is 0.280 e. The van der Waals surface area contributed by atoms with E-state index in [1.807, 2.05) is 78.9 Å². The number of hydrogen-bond acceptors (Lipinski definition) is 9. The normalized spacial score (nSPS) is 18.0. The number of amides is 1. The number of aliphatic hydroxyl groups excluding tert-OH is 1. The van der Waals surface area contributed by atoms with Gasteiger partial charge in [0.2, 0.25) is 11.9 Å². The molecule has 3 heterocycles. The first kappa shape index (κ1) is 31.9. The molecule has 0 spiro atoms. The van der Waals surface area contributed by atoms with Gasteiger partial charge in [-0.15, -0.1) is 0 Å². The number of carbonyl (C=O) groups excluding carboxylic acids is 1. The molecule has 1 aliphatic heterocycles. The molecule has 244 valence electrons. The Labute approximate surface area is 271 Å². The number of benzene rings is 3. The molecular weight excluding hydrogens is 602 g/mol. The number of anilines is 1. The minimum Gasteiger partial charge on any atom is -0.497 e. The highest BCUT2D eigenvalue weighted by Crippen LogP contribution is 2.45. The van der Waals surface area contributed by atoms with E-state index >= 15 is 0 Å². The average molecular weight is 640 g/mol. The predicted octanol–water partition coefficient (Wildman–Crippen LogP) is 4.39. The number of H-pyrrole nitrogens is 1. The maximum atomic E-state index is 12.9. The van der Waals surface area contributed by atoms with Crippen LogP contribution in [0, 0.1) is 5.92 Å². The van der Waals surface area contributed by atoms with Gasteiger partial charge in [-0.1, -0.05) is 68.4 Å². The molecule has 2 aromatic heterocycles. The number of imidazole rings is 1. The molecule has 1 unspecified atom stereocenters. The Balaban J connectivity index is 1.43. The van der Waals surface area contributed by atoms with Gasteiger partial charge in [0.25, 0.3) is 5.56 Å². The lowest BCUT2D eigenvalue weighted by molar-refractivity contribution is -0.118. The summed E-state index contributed by atoms with van der Waals surface area (Å²) < 4.78 is 26.1. The number of aromatic amines is 1. The quantitative estimate of drug-likeness (QED) is 0.179. The van der Waals surface area contributed by atoms with Gasteiger partial charge in [-0.05, 0) is 41.0 Å². The third kappa shape index (κ3) is 6.10. The minimum atomic E-state index is -1.14. The molecule has 12 heteroatoms. The second kappa shape index (κ2) is 13.4. The van der Waals surface area contributed by atoms with E-state index in [0.717, 1.165) is 16.7 Å². The van der Waals surface area contributed by atoms with Gasteiger partial charge in [0.1, 0.15) is 29.4 Å². The van der Waals surface area contributed by atoms with E-state index in [1.54, 1.807) is 32.6 Å². The van der Waals surface area contributed by atoms with Gasteiger partial charge in [-0.2, -0.15) is 4.98 Å². The summed E-state index contributed by atoms with van der Waals surface area (Å²) in [6.07, 6.45) is -0.294. The van der Waals surface area contributed by atoms with Crippen molar-refractivity contribution in [2.45, 2.75) is 44.3 Å². The summed E-state index contributed by atoms with van der Waals surface area (Å²) in [7, 11) is 3.23. The number of fused-ring (bicyclic) bond motifs is 1. The van der Waals surface area contributed by atoms with E-state index in [2.05, 4.69) is 20.3 Å². The van der Waals surface area contributed by atoms with Gasteiger partial charge in [0.15, 0.2) is 11.2 Å². The first-order chi connectivity index (χ1) is 22.8. The van der Waals surface area contributed by atoms with E-state index < -0.39 is 29.6 Å². The van der Waals surface area contributed by atoms with Crippen LogP contribution in [0.4, 0.5) is 5.95 Å². The lowest BCUT2D eigenvalue weighted by atomic mass is 9.79. The molecule has 3 aromatic carbocycles. The summed E-state index contributed by atoms with van der Waals surface area (Å²) in [5.41, 5.74) is 1.22. The lowest BCUT2D eigenvalue weighted by Gasteiger charge is -2.39. The summed E-state index contributed by atoms with van der Waals surface area (Å²) in [6, 6.07) is 25.2. The molecule has 3 atom stereocenters. The zero-order chi connectivity index (χ0) is 33.1. The van der Waals surface area contributed by atoms with Crippen molar-refractivity contribution in [3.8, 4) is 11.5 Å². The summed E-state index contributed by atoms with van der Waals surface area (Å²) in [4.78, 5) is 36.6. The van der Waals surface area contributed by atoms with E-state index in [4.69, 9.17) is 18.9 Å². The van der Waals surface area contributed by atoms with Crippen LogP contribution in [-0.4, -0.2) is 63.6 Å². The first-order valence-electron chi connectivity index (χ1n) is 15.3. The Morgan fingerprint density at radius 2 is 1.60 bits per heavy atom. The molecule has 1 saturated heterocycles. The van der Waals surface area contributed by atoms with Crippen LogP contribution in [0.3, 0.4) is 0 Å². The predicted molar refractivity (Wildman–Crippen MR) is 174 cm³/mol. The third-order valence-corrected chi connectivity index (χ3v) is 8.37. The van der Waals surface area contributed by atoms with E-state index in [9.17, 15) is 14.7 Å². The maximum absolute atomic E-state index is 12.9. The van der Waals surface area contributed by atoms with Crippen LogP contribution >= 0.6 is 0 Å².